The zero-order valence-corrected chi connectivity index (χ0v) is 16.4. The van der Waals surface area contributed by atoms with Gasteiger partial charge in [-0.1, -0.05) is 29.6 Å². The van der Waals surface area contributed by atoms with Crippen molar-refractivity contribution in [3.05, 3.63) is 22.3 Å². The van der Waals surface area contributed by atoms with Crippen molar-refractivity contribution in [3.63, 3.8) is 0 Å². The van der Waals surface area contributed by atoms with Crippen molar-refractivity contribution in [1.29, 1.82) is 0 Å². The molecule has 2 aliphatic rings. The van der Waals surface area contributed by atoms with Crippen molar-refractivity contribution in [2.24, 2.45) is 0 Å². The van der Waals surface area contributed by atoms with E-state index in [0.717, 1.165) is 44.7 Å². The number of piperazine rings is 1. The highest BCUT2D eigenvalue weighted by Gasteiger charge is 2.29. The summed E-state index contributed by atoms with van der Waals surface area (Å²) < 4.78 is 0. The lowest BCUT2D eigenvalue weighted by Gasteiger charge is -2.38. The third kappa shape index (κ3) is 5.02. The average Bonchev–Trinajstić information content (AvgIpc) is 2.55. The van der Waals surface area contributed by atoms with Crippen LogP contribution in [-0.2, 0) is 4.79 Å². The molecule has 2 fully saturated rings. The number of nitrogens with zero attached hydrogens (tertiary/aromatic N) is 3. The Balaban J connectivity index is 0.00000144. The summed E-state index contributed by atoms with van der Waals surface area (Å²) in [6.45, 7) is 3.84. The number of hydrogen-bond acceptors (Lipinski definition) is 4. The Kier molecular flexibility index (Phi) is 8.88. The fourth-order valence-corrected chi connectivity index (χ4v) is 3.56. The lowest BCUT2D eigenvalue weighted by molar-refractivity contribution is -0.134. The predicted octanol–water partition coefficient (Wildman–Crippen LogP) is 3.02. The van der Waals surface area contributed by atoms with Gasteiger partial charge in [-0.3, -0.25) is 4.79 Å². The molecule has 24 heavy (non-hydrogen) atoms. The molecule has 3 rings (SSSR count). The highest BCUT2D eigenvalue weighted by atomic mass is 35.5. The Morgan fingerprint density at radius 3 is 2.46 bits per heavy atom. The van der Waals surface area contributed by atoms with Crippen molar-refractivity contribution in [2.45, 2.75) is 25.3 Å². The molecule has 9 heteroatoms. The Morgan fingerprint density at radius 2 is 1.88 bits per heavy atom. The van der Waals surface area contributed by atoms with Crippen LogP contribution in [0.5, 0.6) is 0 Å². The zero-order chi connectivity index (χ0) is 15.5. The van der Waals surface area contributed by atoms with Crippen LogP contribution in [0.2, 0.25) is 10.0 Å². The Morgan fingerprint density at radius 1 is 1.17 bits per heavy atom. The number of halogens is 4. The number of rotatable bonds is 2. The molecule has 1 unspecified atom stereocenters. The van der Waals surface area contributed by atoms with E-state index in [1.807, 2.05) is 4.90 Å². The van der Waals surface area contributed by atoms with Crippen LogP contribution < -0.4 is 10.2 Å². The Labute approximate surface area is 164 Å². The maximum absolute atomic E-state index is 12.5. The largest absolute Gasteiger partial charge is 0.352 e. The van der Waals surface area contributed by atoms with Gasteiger partial charge in [0.05, 0.1) is 16.1 Å². The third-order valence-electron chi connectivity index (χ3n) is 4.29. The van der Waals surface area contributed by atoms with Gasteiger partial charge in [0.15, 0.2) is 0 Å². The van der Waals surface area contributed by atoms with Crippen LogP contribution in [0.25, 0.3) is 0 Å². The summed E-state index contributed by atoms with van der Waals surface area (Å²) in [5, 5.41) is 4.41. The molecule has 0 spiro atoms. The molecule has 1 aromatic rings. The quantitative estimate of drug-likeness (QED) is 0.806. The van der Waals surface area contributed by atoms with Crippen molar-refractivity contribution < 1.29 is 4.79 Å². The second kappa shape index (κ2) is 9.88. The first kappa shape index (κ1) is 21.6. The fraction of sp³-hybridized carbons (Fsp3) is 0.600. The van der Waals surface area contributed by atoms with E-state index in [2.05, 4.69) is 15.2 Å². The van der Waals surface area contributed by atoms with Crippen molar-refractivity contribution >= 4 is 59.7 Å². The number of hydrogen-bond donors (Lipinski definition) is 1. The van der Waals surface area contributed by atoms with E-state index in [1.165, 1.54) is 0 Å². The van der Waals surface area contributed by atoms with Gasteiger partial charge in [0.1, 0.15) is 5.82 Å². The van der Waals surface area contributed by atoms with Crippen LogP contribution in [0.1, 0.15) is 19.3 Å². The van der Waals surface area contributed by atoms with Crippen LogP contribution in [-0.4, -0.2) is 54.6 Å². The summed E-state index contributed by atoms with van der Waals surface area (Å²) >= 11 is 12.1. The first-order valence-electron chi connectivity index (χ1n) is 7.73. The van der Waals surface area contributed by atoms with Gasteiger partial charge in [-0.15, -0.1) is 24.8 Å². The molecule has 1 atom stereocenters. The van der Waals surface area contributed by atoms with Crippen molar-refractivity contribution in [1.82, 2.24) is 15.2 Å². The summed E-state index contributed by atoms with van der Waals surface area (Å²) in [7, 11) is 0. The molecule has 1 N–H and O–H groups in total. The molecule has 0 radical (unpaired) electrons. The number of anilines is 1. The Hall–Kier alpha value is -0.460. The molecule has 2 aliphatic heterocycles. The van der Waals surface area contributed by atoms with E-state index in [0.29, 0.717) is 23.1 Å². The molecule has 136 valence electrons. The minimum atomic E-state index is -0.00227. The molecule has 0 bridgehead atoms. The van der Waals surface area contributed by atoms with Gasteiger partial charge >= 0.3 is 0 Å². The average molecular weight is 416 g/mol. The number of aromatic nitrogens is 1. The van der Waals surface area contributed by atoms with Crippen LogP contribution in [0.15, 0.2) is 12.3 Å². The fourth-order valence-electron chi connectivity index (χ4n) is 3.06. The normalized spacial score (nSPS) is 20.8. The monoisotopic (exact) mass is 414 g/mol. The van der Waals surface area contributed by atoms with Crippen molar-refractivity contribution in [2.75, 3.05) is 37.6 Å². The lowest BCUT2D eigenvalue weighted by Crippen LogP contribution is -2.55. The molecule has 0 saturated carbocycles. The predicted molar refractivity (Wildman–Crippen MR) is 103 cm³/mol. The van der Waals surface area contributed by atoms with E-state index in [-0.39, 0.29) is 36.8 Å². The molecule has 3 heterocycles. The van der Waals surface area contributed by atoms with Gasteiger partial charge in [0.25, 0.3) is 0 Å². The highest BCUT2D eigenvalue weighted by Crippen LogP contribution is 2.27. The van der Waals surface area contributed by atoms with E-state index in [9.17, 15) is 4.79 Å². The summed E-state index contributed by atoms with van der Waals surface area (Å²) in [5.74, 6) is 0.975. The summed E-state index contributed by atoms with van der Waals surface area (Å²) in [6, 6.07) is 1.70. The molecule has 2 saturated heterocycles. The molecule has 1 amide bonds. The Bertz CT molecular complexity index is 546. The minimum Gasteiger partial charge on any atom is -0.352 e. The summed E-state index contributed by atoms with van der Waals surface area (Å²) in [6.07, 6.45) is 4.85. The van der Waals surface area contributed by atoms with E-state index in [1.54, 1.807) is 12.3 Å². The molecule has 0 aliphatic carbocycles. The van der Waals surface area contributed by atoms with Crippen LogP contribution >= 0.6 is 48.0 Å². The van der Waals surface area contributed by atoms with Crippen molar-refractivity contribution in [3.8, 4) is 0 Å². The molecule has 5 nitrogen and oxygen atoms in total. The van der Waals surface area contributed by atoms with Gasteiger partial charge < -0.3 is 15.1 Å². The number of carbonyl (C=O) groups excluding carboxylic acids is 1. The number of piperidine rings is 1. The first-order chi connectivity index (χ1) is 10.6. The smallest absolute Gasteiger partial charge is 0.239 e. The van der Waals surface area contributed by atoms with Gasteiger partial charge in [-0.05, 0) is 25.5 Å². The van der Waals surface area contributed by atoms with Crippen LogP contribution in [0.4, 0.5) is 5.82 Å². The number of carbonyl (C=O) groups is 1. The molecular weight excluding hydrogens is 394 g/mol. The van der Waals surface area contributed by atoms with E-state index < -0.39 is 0 Å². The standard InChI is InChI=1S/C15H20Cl2N4O.2ClH/c16-11-9-12(17)14(19-10-11)20-5-7-21(8-6-20)15(22)13-3-1-2-4-18-13;;/h9-10,13,18H,1-8H2;2*1H. The second-order valence-corrected chi connectivity index (χ2v) is 6.62. The number of pyridine rings is 1. The third-order valence-corrected chi connectivity index (χ3v) is 4.77. The minimum absolute atomic E-state index is 0. The second-order valence-electron chi connectivity index (χ2n) is 5.77. The van der Waals surface area contributed by atoms with Gasteiger partial charge in [0, 0.05) is 32.4 Å². The maximum atomic E-state index is 12.5. The van der Waals surface area contributed by atoms with Gasteiger partial charge in [-0.2, -0.15) is 0 Å². The lowest BCUT2D eigenvalue weighted by atomic mass is 10.0. The van der Waals surface area contributed by atoms with Crippen LogP contribution in [0.3, 0.4) is 0 Å². The van der Waals surface area contributed by atoms with Gasteiger partial charge in [0.2, 0.25) is 5.91 Å². The SMILES string of the molecule is Cl.Cl.O=C(C1CCCCN1)N1CCN(c2ncc(Cl)cc2Cl)CC1. The van der Waals surface area contributed by atoms with E-state index >= 15 is 0 Å². The molecular formula is C15H22Cl4N4O. The van der Waals surface area contributed by atoms with Gasteiger partial charge in [-0.25, -0.2) is 4.98 Å². The summed E-state index contributed by atoms with van der Waals surface area (Å²) in [4.78, 5) is 20.9. The topological polar surface area (TPSA) is 48.5 Å². The zero-order valence-electron chi connectivity index (χ0n) is 13.2. The number of amides is 1. The van der Waals surface area contributed by atoms with E-state index in [4.69, 9.17) is 23.2 Å². The molecule has 0 aromatic carbocycles. The number of nitrogens with one attached hydrogen (secondary N) is 1. The highest BCUT2D eigenvalue weighted by molar-refractivity contribution is 6.36. The maximum Gasteiger partial charge on any atom is 0.239 e. The summed E-state index contributed by atoms with van der Waals surface area (Å²) in [5.41, 5.74) is 0. The van der Waals surface area contributed by atoms with Crippen LogP contribution in [0, 0.1) is 0 Å². The molecule has 1 aromatic heterocycles. The first-order valence-corrected chi connectivity index (χ1v) is 8.49.